The van der Waals surface area contributed by atoms with Crippen molar-refractivity contribution in [3.05, 3.63) is 30.0 Å². The third-order valence-electron chi connectivity index (χ3n) is 2.80. The number of benzene rings is 1. The standard InChI is InChI=1S/C14H17NO2/c1-3-17-12-6-7-14-13(8-12)11(9-15-14)5-4-10(2)16/h6-9,15H,3-5H2,1-2H3. The van der Waals surface area contributed by atoms with Gasteiger partial charge in [0.2, 0.25) is 0 Å². The number of carbonyl (C=O) groups excluding carboxylic acids is 1. The molecular formula is C14H17NO2. The van der Waals surface area contributed by atoms with Crippen LogP contribution in [0.5, 0.6) is 5.75 Å². The van der Waals surface area contributed by atoms with Crippen LogP contribution >= 0.6 is 0 Å². The number of ether oxygens (including phenoxy) is 1. The van der Waals surface area contributed by atoms with E-state index in [2.05, 4.69) is 4.98 Å². The summed E-state index contributed by atoms with van der Waals surface area (Å²) in [5.41, 5.74) is 2.27. The molecule has 0 atom stereocenters. The van der Waals surface area contributed by atoms with Gasteiger partial charge < -0.3 is 14.5 Å². The number of aryl methyl sites for hydroxylation is 1. The molecule has 3 heteroatoms. The number of hydrogen-bond donors (Lipinski definition) is 1. The number of nitrogens with one attached hydrogen (secondary N) is 1. The average Bonchev–Trinajstić information content (AvgIpc) is 2.69. The lowest BCUT2D eigenvalue weighted by Crippen LogP contribution is -1.93. The van der Waals surface area contributed by atoms with Crippen LogP contribution in [0.3, 0.4) is 0 Å². The van der Waals surface area contributed by atoms with Gasteiger partial charge in [0.15, 0.2) is 0 Å². The maximum atomic E-state index is 11.0. The summed E-state index contributed by atoms with van der Waals surface area (Å²) >= 11 is 0. The topological polar surface area (TPSA) is 42.1 Å². The highest BCUT2D eigenvalue weighted by atomic mass is 16.5. The Bertz CT molecular complexity index is 528. The molecule has 17 heavy (non-hydrogen) atoms. The lowest BCUT2D eigenvalue weighted by molar-refractivity contribution is -0.116. The minimum atomic E-state index is 0.223. The molecule has 1 heterocycles. The molecular weight excluding hydrogens is 214 g/mol. The van der Waals surface area contributed by atoms with Crippen molar-refractivity contribution >= 4 is 16.7 Å². The van der Waals surface area contributed by atoms with E-state index in [1.807, 2.05) is 31.3 Å². The first kappa shape index (κ1) is 11.7. The van der Waals surface area contributed by atoms with Gasteiger partial charge >= 0.3 is 0 Å². The smallest absolute Gasteiger partial charge is 0.130 e. The van der Waals surface area contributed by atoms with Gasteiger partial charge in [0.25, 0.3) is 0 Å². The zero-order chi connectivity index (χ0) is 12.3. The quantitative estimate of drug-likeness (QED) is 0.859. The summed E-state index contributed by atoms with van der Waals surface area (Å²) in [5.74, 6) is 1.10. The zero-order valence-electron chi connectivity index (χ0n) is 10.2. The predicted octanol–water partition coefficient (Wildman–Crippen LogP) is 3.09. The molecule has 0 aliphatic heterocycles. The Morgan fingerprint density at radius 1 is 1.41 bits per heavy atom. The van der Waals surface area contributed by atoms with Crippen LogP contribution in [0, 0.1) is 0 Å². The molecule has 3 nitrogen and oxygen atoms in total. The predicted molar refractivity (Wildman–Crippen MR) is 68.5 cm³/mol. The number of aromatic nitrogens is 1. The minimum Gasteiger partial charge on any atom is -0.494 e. The van der Waals surface area contributed by atoms with E-state index in [4.69, 9.17) is 4.74 Å². The molecule has 0 amide bonds. The Balaban J connectivity index is 2.29. The fourth-order valence-corrected chi connectivity index (χ4v) is 1.93. The van der Waals surface area contributed by atoms with E-state index in [1.54, 1.807) is 6.92 Å². The number of fused-ring (bicyclic) bond motifs is 1. The summed E-state index contributed by atoms with van der Waals surface area (Å²) in [6, 6.07) is 6.00. The second kappa shape index (κ2) is 5.04. The van der Waals surface area contributed by atoms with E-state index in [9.17, 15) is 4.79 Å². The fourth-order valence-electron chi connectivity index (χ4n) is 1.93. The molecule has 1 N–H and O–H groups in total. The van der Waals surface area contributed by atoms with E-state index in [0.29, 0.717) is 13.0 Å². The van der Waals surface area contributed by atoms with Gasteiger partial charge in [0.1, 0.15) is 11.5 Å². The summed E-state index contributed by atoms with van der Waals surface area (Å²) < 4.78 is 5.48. The summed E-state index contributed by atoms with van der Waals surface area (Å²) in [4.78, 5) is 14.2. The fraction of sp³-hybridized carbons (Fsp3) is 0.357. The first-order chi connectivity index (χ1) is 8.20. The molecule has 0 fully saturated rings. The van der Waals surface area contributed by atoms with Crippen molar-refractivity contribution in [3.63, 3.8) is 0 Å². The molecule has 1 aromatic carbocycles. The highest BCUT2D eigenvalue weighted by Crippen LogP contribution is 2.24. The van der Waals surface area contributed by atoms with E-state index in [1.165, 1.54) is 5.56 Å². The van der Waals surface area contributed by atoms with Crippen LogP contribution in [-0.2, 0) is 11.2 Å². The number of hydrogen-bond acceptors (Lipinski definition) is 2. The van der Waals surface area contributed by atoms with Crippen LogP contribution < -0.4 is 4.74 Å². The summed E-state index contributed by atoms with van der Waals surface area (Å²) in [6.07, 6.45) is 3.35. The molecule has 90 valence electrons. The molecule has 1 aromatic heterocycles. The number of H-pyrrole nitrogens is 1. The molecule has 0 aliphatic rings. The Morgan fingerprint density at radius 2 is 2.24 bits per heavy atom. The van der Waals surface area contributed by atoms with Crippen molar-refractivity contribution in [2.24, 2.45) is 0 Å². The molecule has 0 saturated carbocycles. The second-order valence-electron chi connectivity index (χ2n) is 4.16. The number of rotatable bonds is 5. The van der Waals surface area contributed by atoms with Gasteiger partial charge in [-0.05, 0) is 44.0 Å². The highest BCUT2D eigenvalue weighted by molar-refractivity contribution is 5.85. The zero-order valence-corrected chi connectivity index (χ0v) is 10.2. The Hall–Kier alpha value is -1.77. The molecule has 0 unspecified atom stereocenters. The van der Waals surface area contributed by atoms with Crippen LogP contribution in [-0.4, -0.2) is 17.4 Å². The van der Waals surface area contributed by atoms with E-state index in [0.717, 1.165) is 23.1 Å². The van der Waals surface area contributed by atoms with Crippen molar-refractivity contribution in [3.8, 4) is 5.75 Å². The third-order valence-corrected chi connectivity index (χ3v) is 2.80. The molecule has 0 spiro atoms. The van der Waals surface area contributed by atoms with Crippen molar-refractivity contribution in [1.29, 1.82) is 0 Å². The number of ketones is 1. The number of carbonyl (C=O) groups is 1. The van der Waals surface area contributed by atoms with Crippen molar-refractivity contribution in [2.75, 3.05) is 6.61 Å². The summed E-state index contributed by atoms with van der Waals surface area (Å²) in [5, 5.41) is 1.15. The number of aromatic amines is 1. The maximum absolute atomic E-state index is 11.0. The average molecular weight is 231 g/mol. The van der Waals surface area contributed by atoms with Crippen LogP contribution in [0.25, 0.3) is 10.9 Å². The lowest BCUT2D eigenvalue weighted by Gasteiger charge is -2.03. The number of Topliss-reactive ketones (excluding diaryl/α,β-unsaturated/α-hetero) is 1. The monoisotopic (exact) mass is 231 g/mol. The van der Waals surface area contributed by atoms with Crippen LogP contribution in [0.1, 0.15) is 25.8 Å². The molecule has 2 aromatic rings. The molecule has 0 radical (unpaired) electrons. The Labute approximate surface area is 101 Å². The Kier molecular flexibility index (Phi) is 3.47. The van der Waals surface area contributed by atoms with Gasteiger partial charge in [-0.15, -0.1) is 0 Å². The van der Waals surface area contributed by atoms with Crippen molar-refractivity contribution in [2.45, 2.75) is 26.7 Å². The molecule has 0 saturated heterocycles. The highest BCUT2D eigenvalue weighted by Gasteiger charge is 2.06. The minimum absolute atomic E-state index is 0.223. The van der Waals surface area contributed by atoms with Crippen LogP contribution in [0.4, 0.5) is 0 Å². The van der Waals surface area contributed by atoms with Gasteiger partial charge in [-0.25, -0.2) is 0 Å². The largest absolute Gasteiger partial charge is 0.494 e. The van der Waals surface area contributed by atoms with E-state index < -0.39 is 0 Å². The van der Waals surface area contributed by atoms with Crippen molar-refractivity contribution < 1.29 is 9.53 Å². The normalized spacial score (nSPS) is 10.7. The van der Waals surface area contributed by atoms with Crippen molar-refractivity contribution in [1.82, 2.24) is 4.98 Å². The van der Waals surface area contributed by atoms with Crippen LogP contribution in [0.2, 0.25) is 0 Å². The molecule has 0 aliphatic carbocycles. The molecule has 2 rings (SSSR count). The third kappa shape index (κ3) is 2.67. The van der Waals surface area contributed by atoms with E-state index >= 15 is 0 Å². The van der Waals surface area contributed by atoms with E-state index in [-0.39, 0.29) is 5.78 Å². The van der Waals surface area contributed by atoms with Crippen LogP contribution in [0.15, 0.2) is 24.4 Å². The summed E-state index contributed by atoms with van der Waals surface area (Å²) in [6.45, 7) is 4.26. The van der Waals surface area contributed by atoms with Gasteiger partial charge in [-0.2, -0.15) is 0 Å². The lowest BCUT2D eigenvalue weighted by atomic mass is 10.1. The second-order valence-corrected chi connectivity index (χ2v) is 4.16. The summed E-state index contributed by atoms with van der Waals surface area (Å²) in [7, 11) is 0. The Morgan fingerprint density at radius 3 is 2.94 bits per heavy atom. The van der Waals surface area contributed by atoms with Gasteiger partial charge in [-0.1, -0.05) is 0 Å². The van der Waals surface area contributed by atoms with Gasteiger partial charge in [0, 0.05) is 23.5 Å². The first-order valence-electron chi connectivity index (χ1n) is 5.93. The van der Waals surface area contributed by atoms with Gasteiger partial charge in [-0.3, -0.25) is 0 Å². The van der Waals surface area contributed by atoms with Gasteiger partial charge in [0.05, 0.1) is 6.61 Å². The SMILES string of the molecule is CCOc1ccc2[nH]cc(CCC(C)=O)c2c1. The molecule has 0 bridgehead atoms. The first-order valence-corrected chi connectivity index (χ1v) is 5.93. The maximum Gasteiger partial charge on any atom is 0.130 e.